The van der Waals surface area contributed by atoms with Crippen molar-refractivity contribution >= 4 is 33.5 Å². The van der Waals surface area contributed by atoms with Crippen LogP contribution in [0.1, 0.15) is 17.3 Å². The summed E-state index contributed by atoms with van der Waals surface area (Å²) in [5.41, 5.74) is 0.885. The number of hydrogen-bond acceptors (Lipinski definition) is 4. The second kappa shape index (κ2) is 8.44. The van der Waals surface area contributed by atoms with E-state index in [-0.39, 0.29) is 12.4 Å². The van der Waals surface area contributed by atoms with Crippen LogP contribution >= 0.6 is 15.9 Å². The van der Waals surface area contributed by atoms with E-state index in [2.05, 4.69) is 21.2 Å². The van der Waals surface area contributed by atoms with E-state index in [0.717, 1.165) is 0 Å². The molecule has 2 rings (SSSR count). The monoisotopic (exact) mass is 395 g/mol. The largest absolute Gasteiger partial charge is 0.481 e. The lowest BCUT2D eigenvalue weighted by molar-refractivity contribution is -0.118. The Kier molecular flexibility index (Phi) is 6.31. The van der Waals surface area contributed by atoms with Gasteiger partial charge in [0.15, 0.2) is 18.2 Å². The van der Waals surface area contributed by atoms with Gasteiger partial charge in [-0.2, -0.15) is 0 Å². The number of esters is 1. The molecule has 126 valence electrons. The molecule has 0 aliphatic carbocycles. The molecular formula is C17H15BrFNO4. The number of carbonyl (C=O) groups is 2. The number of carbonyl (C=O) groups excluding carboxylic acids is 2. The number of amides is 1. The maximum absolute atomic E-state index is 13.6. The minimum Gasteiger partial charge on any atom is -0.481 e. The normalized spacial score (nSPS) is 10.1. The van der Waals surface area contributed by atoms with Crippen LogP contribution in [0, 0.1) is 5.82 Å². The summed E-state index contributed by atoms with van der Waals surface area (Å²) in [6, 6.07) is 10.5. The van der Waals surface area contributed by atoms with Gasteiger partial charge in [0.2, 0.25) is 0 Å². The Labute approximate surface area is 146 Å². The summed E-state index contributed by atoms with van der Waals surface area (Å²) in [5.74, 6) is -1.44. The Bertz CT molecular complexity index is 734. The van der Waals surface area contributed by atoms with Crippen LogP contribution in [0.4, 0.5) is 10.1 Å². The standard InChI is InChI=1S/C17H15BrFNO4/c1-2-23-17(22)11-3-6-13(7-4-11)20-16(21)10-24-15-8-5-12(18)9-14(15)19/h3-9H,2,10H2,1H3,(H,20,21). The van der Waals surface area contributed by atoms with Crippen LogP contribution in [-0.4, -0.2) is 25.1 Å². The molecule has 0 aromatic heterocycles. The smallest absolute Gasteiger partial charge is 0.338 e. The van der Waals surface area contributed by atoms with Crippen molar-refractivity contribution in [1.82, 2.24) is 0 Å². The lowest BCUT2D eigenvalue weighted by Crippen LogP contribution is -2.20. The van der Waals surface area contributed by atoms with Gasteiger partial charge in [-0.25, -0.2) is 9.18 Å². The molecule has 0 aliphatic heterocycles. The molecule has 24 heavy (non-hydrogen) atoms. The highest BCUT2D eigenvalue weighted by atomic mass is 79.9. The summed E-state index contributed by atoms with van der Waals surface area (Å²) >= 11 is 3.14. The van der Waals surface area contributed by atoms with Crippen molar-refractivity contribution in [3.8, 4) is 5.75 Å². The molecule has 0 radical (unpaired) electrons. The van der Waals surface area contributed by atoms with Gasteiger partial charge in [-0.3, -0.25) is 4.79 Å². The number of hydrogen-bond donors (Lipinski definition) is 1. The van der Waals surface area contributed by atoms with Crippen molar-refractivity contribution in [3.63, 3.8) is 0 Å². The quantitative estimate of drug-likeness (QED) is 0.755. The lowest BCUT2D eigenvalue weighted by Gasteiger charge is -2.09. The molecule has 0 aliphatic rings. The Morgan fingerprint density at radius 3 is 2.50 bits per heavy atom. The van der Waals surface area contributed by atoms with E-state index < -0.39 is 17.7 Å². The van der Waals surface area contributed by atoms with Crippen LogP contribution in [0.15, 0.2) is 46.9 Å². The molecule has 0 spiro atoms. The molecule has 1 amide bonds. The lowest BCUT2D eigenvalue weighted by atomic mass is 10.2. The fraction of sp³-hybridized carbons (Fsp3) is 0.176. The van der Waals surface area contributed by atoms with Crippen LogP contribution in [0.5, 0.6) is 5.75 Å². The van der Waals surface area contributed by atoms with E-state index in [1.165, 1.54) is 12.1 Å². The Balaban J connectivity index is 1.89. The molecule has 0 saturated carbocycles. The first-order chi connectivity index (χ1) is 11.5. The molecule has 0 fully saturated rings. The highest BCUT2D eigenvalue weighted by Gasteiger charge is 2.09. The highest BCUT2D eigenvalue weighted by molar-refractivity contribution is 9.10. The molecule has 0 unspecified atom stereocenters. The molecule has 0 bridgehead atoms. The van der Waals surface area contributed by atoms with Crippen molar-refractivity contribution in [1.29, 1.82) is 0 Å². The fourth-order valence-corrected chi connectivity index (χ4v) is 2.17. The van der Waals surface area contributed by atoms with Crippen LogP contribution in [0.25, 0.3) is 0 Å². The van der Waals surface area contributed by atoms with Crippen molar-refractivity contribution in [3.05, 3.63) is 58.3 Å². The van der Waals surface area contributed by atoms with Gasteiger partial charge in [-0.1, -0.05) is 15.9 Å². The Morgan fingerprint density at radius 1 is 1.17 bits per heavy atom. The summed E-state index contributed by atoms with van der Waals surface area (Å²) in [7, 11) is 0. The van der Waals surface area contributed by atoms with E-state index in [4.69, 9.17) is 9.47 Å². The predicted molar refractivity (Wildman–Crippen MR) is 90.6 cm³/mol. The average Bonchev–Trinajstić information content (AvgIpc) is 2.55. The van der Waals surface area contributed by atoms with Crippen molar-refractivity contribution < 1.29 is 23.5 Å². The van der Waals surface area contributed by atoms with Gasteiger partial charge in [0.05, 0.1) is 12.2 Å². The number of benzene rings is 2. The van der Waals surface area contributed by atoms with Gasteiger partial charge < -0.3 is 14.8 Å². The Morgan fingerprint density at radius 2 is 1.88 bits per heavy atom. The second-order valence-electron chi connectivity index (χ2n) is 4.71. The fourth-order valence-electron chi connectivity index (χ4n) is 1.84. The minimum absolute atomic E-state index is 0.00832. The van der Waals surface area contributed by atoms with Crippen molar-refractivity contribution in [2.24, 2.45) is 0 Å². The summed E-state index contributed by atoms with van der Waals surface area (Å²) in [6.45, 7) is 1.68. The van der Waals surface area contributed by atoms with Crippen LogP contribution in [0.3, 0.4) is 0 Å². The first-order valence-electron chi connectivity index (χ1n) is 7.14. The zero-order chi connectivity index (χ0) is 17.5. The zero-order valence-electron chi connectivity index (χ0n) is 12.8. The van der Waals surface area contributed by atoms with E-state index >= 15 is 0 Å². The van der Waals surface area contributed by atoms with Crippen LogP contribution in [0.2, 0.25) is 0 Å². The molecule has 0 atom stereocenters. The first kappa shape index (κ1) is 17.9. The van der Waals surface area contributed by atoms with E-state index in [9.17, 15) is 14.0 Å². The summed E-state index contributed by atoms with van der Waals surface area (Å²) in [5, 5.41) is 2.59. The number of anilines is 1. The molecule has 5 nitrogen and oxygen atoms in total. The summed E-state index contributed by atoms with van der Waals surface area (Å²) in [4.78, 5) is 23.4. The number of ether oxygens (including phenoxy) is 2. The van der Waals surface area contributed by atoms with Crippen LogP contribution < -0.4 is 10.1 Å². The first-order valence-corrected chi connectivity index (χ1v) is 7.93. The minimum atomic E-state index is -0.559. The summed E-state index contributed by atoms with van der Waals surface area (Å²) < 4.78 is 24.2. The van der Waals surface area contributed by atoms with Gasteiger partial charge >= 0.3 is 5.97 Å². The highest BCUT2D eigenvalue weighted by Crippen LogP contribution is 2.21. The number of rotatable bonds is 6. The maximum Gasteiger partial charge on any atom is 0.338 e. The zero-order valence-corrected chi connectivity index (χ0v) is 14.4. The molecule has 2 aromatic rings. The third-order valence-electron chi connectivity index (χ3n) is 2.93. The Hall–Kier alpha value is -2.41. The number of halogens is 2. The van der Waals surface area contributed by atoms with Gasteiger partial charge in [0, 0.05) is 10.2 Å². The van der Waals surface area contributed by atoms with E-state index in [1.807, 2.05) is 0 Å². The number of nitrogens with one attached hydrogen (secondary N) is 1. The van der Waals surface area contributed by atoms with Gasteiger partial charge in [0.25, 0.3) is 5.91 Å². The second-order valence-corrected chi connectivity index (χ2v) is 5.63. The van der Waals surface area contributed by atoms with Gasteiger partial charge in [0.1, 0.15) is 0 Å². The average molecular weight is 396 g/mol. The molecule has 7 heteroatoms. The van der Waals surface area contributed by atoms with Crippen LogP contribution in [-0.2, 0) is 9.53 Å². The van der Waals surface area contributed by atoms with E-state index in [1.54, 1.807) is 37.3 Å². The predicted octanol–water partition coefficient (Wildman–Crippen LogP) is 3.78. The van der Waals surface area contributed by atoms with Gasteiger partial charge in [-0.05, 0) is 49.4 Å². The van der Waals surface area contributed by atoms with Gasteiger partial charge in [-0.15, -0.1) is 0 Å². The SMILES string of the molecule is CCOC(=O)c1ccc(NC(=O)COc2ccc(Br)cc2F)cc1. The molecule has 0 saturated heterocycles. The van der Waals surface area contributed by atoms with Crippen molar-refractivity contribution in [2.45, 2.75) is 6.92 Å². The molecule has 2 aromatic carbocycles. The topological polar surface area (TPSA) is 64.6 Å². The maximum atomic E-state index is 13.6. The molecule has 1 N–H and O–H groups in total. The molecule has 0 heterocycles. The summed E-state index contributed by atoms with van der Waals surface area (Å²) in [6.07, 6.45) is 0. The third-order valence-corrected chi connectivity index (χ3v) is 3.43. The molecular weight excluding hydrogens is 381 g/mol. The third kappa shape index (κ3) is 5.06. The van der Waals surface area contributed by atoms with E-state index in [0.29, 0.717) is 22.3 Å². The van der Waals surface area contributed by atoms with Crippen molar-refractivity contribution in [2.75, 3.05) is 18.5 Å².